The van der Waals surface area contributed by atoms with Crippen molar-refractivity contribution in [2.75, 3.05) is 26.7 Å². The van der Waals surface area contributed by atoms with Crippen LogP contribution in [0.25, 0.3) is 0 Å². The van der Waals surface area contributed by atoms with Crippen molar-refractivity contribution in [1.29, 1.82) is 0 Å². The summed E-state index contributed by atoms with van der Waals surface area (Å²) in [6, 6.07) is 0. The van der Waals surface area contributed by atoms with Crippen molar-refractivity contribution in [1.82, 2.24) is 9.80 Å². The highest BCUT2D eigenvalue weighted by Gasteiger charge is 2.28. The zero-order chi connectivity index (χ0) is 10.1. The SMILES string of the molecule is CN1CCC(CN2C(=O)C=CC2=O)C1. The van der Waals surface area contributed by atoms with Crippen LogP contribution in [0, 0.1) is 5.92 Å². The van der Waals surface area contributed by atoms with Crippen LogP contribution in [0.15, 0.2) is 12.2 Å². The molecule has 0 aromatic heterocycles. The average molecular weight is 194 g/mol. The zero-order valence-corrected chi connectivity index (χ0v) is 8.27. The maximum absolute atomic E-state index is 11.3. The predicted molar refractivity (Wildman–Crippen MR) is 51.5 cm³/mol. The average Bonchev–Trinajstić information content (AvgIpc) is 2.67. The van der Waals surface area contributed by atoms with Gasteiger partial charge in [-0.25, -0.2) is 0 Å². The Morgan fingerprint density at radius 2 is 2.00 bits per heavy atom. The Morgan fingerprint density at radius 1 is 1.36 bits per heavy atom. The van der Waals surface area contributed by atoms with Gasteiger partial charge in [0.25, 0.3) is 11.8 Å². The minimum Gasteiger partial charge on any atom is -0.306 e. The number of hydrogen-bond acceptors (Lipinski definition) is 3. The summed E-state index contributed by atoms with van der Waals surface area (Å²) in [5.41, 5.74) is 0. The van der Waals surface area contributed by atoms with Gasteiger partial charge in [-0.1, -0.05) is 0 Å². The second-order valence-corrected chi connectivity index (χ2v) is 4.04. The van der Waals surface area contributed by atoms with Crippen LogP contribution in [0.1, 0.15) is 6.42 Å². The summed E-state index contributed by atoms with van der Waals surface area (Å²) < 4.78 is 0. The molecule has 4 nitrogen and oxygen atoms in total. The fraction of sp³-hybridized carbons (Fsp3) is 0.600. The van der Waals surface area contributed by atoms with Gasteiger partial charge in [0.05, 0.1) is 0 Å². The van der Waals surface area contributed by atoms with Gasteiger partial charge in [0, 0.05) is 25.2 Å². The van der Waals surface area contributed by atoms with Gasteiger partial charge in [0.15, 0.2) is 0 Å². The van der Waals surface area contributed by atoms with E-state index in [0.717, 1.165) is 19.5 Å². The van der Waals surface area contributed by atoms with E-state index in [-0.39, 0.29) is 11.8 Å². The van der Waals surface area contributed by atoms with E-state index >= 15 is 0 Å². The number of likely N-dealkylation sites (tertiary alicyclic amines) is 1. The van der Waals surface area contributed by atoms with Crippen LogP contribution >= 0.6 is 0 Å². The molecule has 14 heavy (non-hydrogen) atoms. The Labute approximate surface area is 83.2 Å². The standard InChI is InChI=1S/C10H14N2O2/c1-11-5-4-8(6-11)7-12-9(13)2-3-10(12)14/h2-3,8H,4-7H2,1H3. The summed E-state index contributed by atoms with van der Waals surface area (Å²) >= 11 is 0. The molecule has 76 valence electrons. The molecule has 0 radical (unpaired) electrons. The van der Waals surface area contributed by atoms with Crippen molar-refractivity contribution < 1.29 is 9.59 Å². The van der Waals surface area contributed by atoms with Crippen molar-refractivity contribution in [2.45, 2.75) is 6.42 Å². The number of rotatable bonds is 2. The first kappa shape index (κ1) is 9.40. The third-order valence-electron chi connectivity index (χ3n) is 2.83. The molecule has 0 aromatic rings. The first-order valence-electron chi connectivity index (χ1n) is 4.89. The van der Waals surface area contributed by atoms with Crippen LogP contribution in [0.2, 0.25) is 0 Å². The van der Waals surface area contributed by atoms with E-state index in [4.69, 9.17) is 0 Å². The van der Waals surface area contributed by atoms with Gasteiger partial charge in [0.1, 0.15) is 0 Å². The van der Waals surface area contributed by atoms with E-state index < -0.39 is 0 Å². The topological polar surface area (TPSA) is 40.6 Å². The molecule has 0 bridgehead atoms. The van der Waals surface area contributed by atoms with Crippen LogP contribution in [-0.2, 0) is 9.59 Å². The number of nitrogens with zero attached hydrogens (tertiary/aromatic N) is 2. The summed E-state index contributed by atoms with van der Waals surface area (Å²) in [4.78, 5) is 26.1. The van der Waals surface area contributed by atoms with Gasteiger partial charge >= 0.3 is 0 Å². The zero-order valence-electron chi connectivity index (χ0n) is 8.27. The smallest absolute Gasteiger partial charge is 0.253 e. The molecular weight excluding hydrogens is 180 g/mol. The molecule has 0 aliphatic carbocycles. The van der Waals surface area contributed by atoms with E-state index in [0.29, 0.717) is 12.5 Å². The monoisotopic (exact) mass is 194 g/mol. The molecule has 4 heteroatoms. The normalized spacial score (nSPS) is 28.1. The number of carbonyl (C=O) groups is 2. The third-order valence-corrected chi connectivity index (χ3v) is 2.83. The molecule has 0 N–H and O–H groups in total. The molecule has 1 saturated heterocycles. The number of hydrogen-bond donors (Lipinski definition) is 0. The molecule has 2 amide bonds. The maximum Gasteiger partial charge on any atom is 0.253 e. The van der Waals surface area contributed by atoms with Gasteiger partial charge in [-0.15, -0.1) is 0 Å². The second kappa shape index (κ2) is 3.53. The Hall–Kier alpha value is -1.16. The van der Waals surface area contributed by atoms with Crippen molar-refractivity contribution in [3.8, 4) is 0 Å². The Bertz CT molecular complexity index is 280. The largest absolute Gasteiger partial charge is 0.306 e. The van der Waals surface area contributed by atoms with Crippen LogP contribution in [0.5, 0.6) is 0 Å². The molecule has 1 fully saturated rings. The second-order valence-electron chi connectivity index (χ2n) is 4.04. The molecule has 1 unspecified atom stereocenters. The highest BCUT2D eigenvalue weighted by molar-refractivity contribution is 6.12. The van der Waals surface area contributed by atoms with Gasteiger partial charge in [-0.2, -0.15) is 0 Å². The predicted octanol–water partition coefficient (Wildman–Crippen LogP) is -0.137. The van der Waals surface area contributed by atoms with Gasteiger partial charge in [-0.05, 0) is 25.9 Å². The Morgan fingerprint density at radius 3 is 2.50 bits per heavy atom. The fourth-order valence-corrected chi connectivity index (χ4v) is 2.04. The molecule has 0 saturated carbocycles. The molecule has 2 aliphatic heterocycles. The quantitative estimate of drug-likeness (QED) is 0.575. The van der Waals surface area contributed by atoms with Crippen LogP contribution in [-0.4, -0.2) is 48.3 Å². The van der Waals surface area contributed by atoms with Crippen LogP contribution in [0.4, 0.5) is 0 Å². The summed E-state index contributed by atoms with van der Waals surface area (Å²) in [6.45, 7) is 2.63. The van der Waals surface area contributed by atoms with Crippen molar-refractivity contribution in [3.05, 3.63) is 12.2 Å². The third kappa shape index (κ3) is 1.70. The lowest BCUT2D eigenvalue weighted by Crippen LogP contribution is -2.35. The van der Waals surface area contributed by atoms with Crippen molar-refractivity contribution >= 4 is 11.8 Å². The number of carbonyl (C=O) groups excluding carboxylic acids is 2. The van der Waals surface area contributed by atoms with Crippen LogP contribution < -0.4 is 0 Å². The van der Waals surface area contributed by atoms with E-state index in [1.54, 1.807) is 0 Å². The minimum atomic E-state index is -0.162. The minimum absolute atomic E-state index is 0.162. The van der Waals surface area contributed by atoms with E-state index in [9.17, 15) is 9.59 Å². The highest BCUT2D eigenvalue weighted by atomic mass is 16.2. The van der Waals surface area contributed by atoms with Crippen molar-refractivity contribution in [3.63, 3.8) is 0 Å². The number of imide groups is 1. The van der Waals surface area contributed by atoms with E-state index in [1.165, 1.54) is 17.1 Å². The lowest BCUT2D eigenvalue weighted by atomic mass is 10.1. The molecule has 0 aromatic carbocycles. The first-order valence-corrected chi connectivity index (χ1v) is 4.89. The first-order chi connectivity index (χ1) is 6.66. The molecule has 2 rings (SSSR count). The lowest BCUT2D eigenvalue weighted by Gasteiger charge is -2.18. The summed E-state index contributed by atoms with van der Waals surface area (Å²) in [6.07, 6.45) is 3.77. The van der Waals surface area contributed by atoms with Gasteiger partial charge in [0.2, 0.25) is 0 Å². The fourth-order valence-electron chi connectivity index (χ4n) is 2.04. The van der Waals surface area contributed by atoms with Gasteiger partial charge < -0.3 is 4.90 Å². The summed E-state index contributed by atoms with van der Waals surface area (Å²) in [5.74, 6) is 0.127. The molecule has 2 heterocycles. The Balaban J connectivity index is 1.92. The molecule has 2 aliphatic rings. The number of amides is 2. The summed E-state index contributed by atoms with van der Waals surface area (Å²) in [5, 5.41) is 0. The Kier molecular flexibility index (Phi) is 2.37. The van der Waals surface area contributed by atoms with E-state index in [2.05, 4.69) is 11.9 Å². The van der Waals surface area contributed by atoms with E-state index in [1.807, 2.05) is 0 Å². The van der Waals surface area contributed by atoms with Crippen molar-refractivity contribution in [2.24, 2.45) is 5.92 Å². The lowest BCUT2D eigenvalue weighted by molar-refractivity contribution is -0.137. The van der Waals surface area contributed by atoms with Gasteiger partial charge in [-0.3, -0.25) is 14.5 Å². The maximum atomic E-state index is 11.3. The highest BCUT2D eigenvalue weighted by Crippen LogP contribution is 2.17. The molecule has 0 spiro atoms. The van der Waals surface area contributed by atoms with Crippen LogP contribution in [0.3, 0.4) is 0 Å². The summed E-state index contributed by atoms with van der Waals surface area (Å²) in [7, 11) is 2.06. The molecular formula is C10H14N2O2. The molecule has 1 atom stereocenters.